The highest BCUT2D eigenvalue weighted by atomic mass is 31.2. The molecule has 2 aromatic rings. The van der Waals surface area contributed by atoms with Crippen molar-refractivity contribution in [2.45, 2.75) is 45.9 Å². The SMILES string of the molecule is C#Cc1ccc(CNC=O)c(-c2ccc(P(O)O)cc2)c1.CC(C)(C)C(NN)C(=O)N1CCC(O)C1. The molecule has 1 aliphatic rings. The molecule has 10 heteroatoms. The highest BCUT2D eigenvalue weighted by molar-refractivity contribution is 7.54. The standard InChI is InChI=1S/C16H14NO3P.C10H21N3O2/c1-2-12-3-4-14(10-17-11-18)16(9-12)13-5-7-15(8-6-13)21(19)20;1-10(2,3)8(12-11)9(15)13-5-4-7(14)6-13/h1,3-9,11,19-20H,10H2,(H,17,18);7-8,12,14H,4-6,11H2,1-3H3. The number of carbonyl (C=O) groups excluding carboxylic acids is 2. The fraction of sp³-hybridized carbons (Fsp3) is 0.385. The van der Waals surface area contributed by atoms with Gasteiger partial charge in [0.25, 0.3) is 0 Å². The van der Waals surface area contributed by atoms with Crippen LogP contribution in [0, 0.1) is 17.8 Å². The molecule has 9 nitrogen and oxygen atoms in total. The van der Waals surface area contributed by atoms with Gasteiger partial charge in [-0.25, -0.2) is 5.43 Å². The Morgan fingerprint density at radius 2 is 1.94 bits per heavy atom. The zero-order valence-electron chi connectivity index (χ0n) is 20.8. The van der Waals surface area contributed by atoms with Crippen molar-refractivity contribution in [3.05, 3.63) is 53.6 Å². The number of carbonyl (C=O) groups is 2. The summed E-state index contributed by atoms with van der Waals surface area (Å²) in [6, 6.07) is 12.1. The smallest absolute Gasteiger partial charge is 0.241 e. The number of amides is 2. The van der Waals surface area contributed by atoms with Gasteiger partial charge in [-0.05, 0) is 52.8 Å². The van der Waals surface area contributed by atoms with E-state index in [1.165, 1.54) is 0 Å². The molecule has 0 saturated carbocycles. The molecule has 7 N–H and O–H groups in total. The Labute approximate surface area is 213 Å². The Kier molecular flexibility index (Phi) is 11.0. The van der Waals surface area contributed by atoms with Crippen molar-refractivity contribution in [1.29, 1.82) is 0 Å². The number of aliphatic hydroxyl groups excluding tert-OH is 1. The highest BCUT2D eigenvalue weighted by Crippen LogP contribution is 2.28. The van der Waals surface area contributed by atoms with Crippen LogP contribution in [0.4, 0.5) is 0 Å². The van der Waals surface area contributed by atoms with E-state index in [4.69, 9.17) is 12.3 Å². The fourth-order valence-electron chi connectivity index (χ4n) is 3.83. The average molecular weight is 515 g/mol. The maximum absolute atomic E-state index is 12.0. The largest absolute Gasteiger partial charge is 0.391 e. The van der Waals surface area contributed by atoms with E-state index in [0.29, 0.717) is 37.8 Å². The zero-order chi connectivity index (χ0) is 26.9. The van der Waals surface area contributed by atoms with Crippen LogP contribution >= 0.6 is 8.38 Å². The minimum absolute atomic E-state index is 0.0263. The molecule has 0 aromatic heterocycles. The second kappa shape index (κ2) is 13.5. The number of aliphatic hydroxyl groups is 1. The maximum atomic E-state index is 12.0. The van der Waals surface area contributed by atoms with E-state index in [1.807, 2.05) is 39.0 Å². The lowest BCUT2D eigenvalue weighted by Gasteiger charge is -2.32. The molecule has 0 bridgehead atoms. The van der Waals surface area contributed by atoms with Gasteiger partial charge in [0, 0.05) is 30.5 Å². The van der Waals surface area contributed by atoms with E-state index >= 15 is 0 Å². The predicted molar refractivity (Wildman–Crippen MR) is 141 cm³/mol. The molecule has 2 amide bonds. The molecule has 1 heterocycles. The van der Waals surface area contributed by atoms with Crippen molar-refractivity contribution >= 4 is 26.0 Å². The monoisotopic (exact) mass is 514 g/mol. The number of hydrogen-bond acceptors (Lipinski definition) is 7. The van der Waals surface area contributed by atoms with Gasteiger partial charge in [0.1, 0.15) is 6.04 Å². The van der Waals surface area contributed by atoms with E-state index in [2.05, 4.69) is 16.7 Å². The molecule has 0 radical (unpaired) electrons. The number of nitrogens with one attached hydrogen (secondary N) is 2. The van der Waals surface area contributed by atoms with Crippen LogP contribution in [0.3, 0.4) is 0 Å². The number of β-amino-alcohol motifs (C(OH)–C–C–N with tert-alkyl or cyclic N) is 1. The van der Waals surface area contributed by atoms with Crippen LogP contribution in [-0.4, -0.2) is 57.3 Å². The summed E-state index contributed by atoms with van der Waals surface area (Å²) < 4.78 is 0. The summed E-state index contributed by atoms with van der Waals surface area (Å²) in [6.07, 6.45) is 6.35. The minimum Gasteiger partial charge on any atom is -0.391 e. The summed E-state index contributed by atoms with van der Waals surface area (Å²) in [4.78, 5) is 42.5. The van der Waals surface area contributed by atoms with Crippen molar-refractivity contribution in [2.24, 2.45) is 11.3 Å². The molecule has 3 rings (SSSR count). The van der Waals surface area contributed by atoms with Gasteiger partial charge in [-0.2, -0.15) is 0 Å². The molecule has 0 spiro atoms. The number of benzene rings is 2. The summed E-state index contributed by atoms with van der Waals surface area (Å²) in [5.41, 5.74) is 5.83. The van der Waals surface area contributed by atoms with E-state index in [-0.39, 0.29) is 17.4 Å². The van der Waals surface area contributed by atoms with Gasteiger partial charge in [0.2, 0.25) is 12.3 Å². The predicted octanol–water partition coefficient (Wildman–Crippen LogP) is 0.960. The molecule has 0 aliphatic carbocycles. The first kappa shape index (κ1) is 29.4. The Hall–Kier alpha value is -2.83. The van der Waals surface area contributed by atoms with Crippen molar-refractivity contribution in [1.82, 2.24) is 15.6 Å². The van der Waals surface area contributed by atoms with Crippen molar-refractivity contribution < 1.29 is 24.5 Å². The van der Waals surface area contributed by atoms with E-state index in [1.54, 1.807) is 29.2 Å². The number of likely N-dealkylation sites (tertiary alicyclic amines) is 1. The van der Waals surface area contributed by atoms with Crippen LogP contribution < -0.4 is 21.9 Å². The summed E-state index contributed by atoms with van der Waals surface area (Å²) in [6.45, 7) is 7.32. The Morgan fingerprint density at radius 3 is 2.42 bits per heavy atom. The Morgan fingerprint density at radius 1 is 1.28 bits per heavy atom. The third-order valence-corrected chi connectivity index (χ3v) is 6.58. The molecule has 2 atom stereocenters. The van der Waals surface area contributed by atoms with Crippen molar-refractivity contribution in [3.8, 4) is 23.5 Å². The molecule has 1 fully saturated rings. The van der Waals surface area contributed by atoms with E-state index < -0.39 is 14.4 Å². The molecule has 1 saturated heterocycles. The quantitative estimate of drug-likeness (QED) is 0.106. The van der Waals surface area contributed by atoms with Crippen LogP contribution in [0.2, 0.25) is 0 Å². The van der Waals surface area contributed by atoms with Crippen molar-refractivity contribution in [3.63, 3.8) is 0 Å². The summed E-state index contributed by atoms with van der Waals surface area (Å²) in [7, 11) is -2.09. The molecule has 1 aliphatic heterocycles. The summed E-state index contributed by atoms with van der Waals surface area (Å²) >= 11 is 0. The van der Waals surface area contributed by atoms with Gasteiger partial charge in [-0.3, -0.25) is 15.4 Å². The van der Waals surface area contributed by atoms with Gasteiger partial charge in [-0.15, -0.1) is 6.42 Å². The number of terminal acetylenes is 1. The number of hydrazine groups is 1. The second-order valence-electron chi connectivity index (χ2n) is 9.54. The second-order valence-corrected chi connectivity index (χ2v) is 10.6. The molecule has 2 unspecified atom stereocenters. The third kappa shape index (κ3) is 8.10. The molecular formula is C26H35N4O5P. The third-order valence-electron chi connectivity index (χ3n) is 5.82. The minimum atomic E-state index is -2.09. The van der Waals surface area contributed by atoms with Crippen molar-refractivity contribution in [2.75, 3.05) is 13.1 Å². The van der Waals surface area contributed by atoms with Gasteiger partial charge >= 0.3 is 0 Å². The lowest BCUT2D eigenvalue weighted by atomic mass is 9.86. The fourth-order valence-corrected chi connectivity index (χ4v) is 4.25. The van der Waals surface area contributed by atoms with Gasteiger partial charge < -0.3 is 25.1 Å². The summed E-state index contributed by atoms with van der Waals surface area (Å²) in [5.74, 6) is 7.96. The first-order valence-electron chi connectivity index (χ1n) is 11.5. The lowest BCUT2D eigenvalue weighted by Crippen LogP contribution is -2.55. The number of nitrogens with zero attached hydrogens (tertiary/aromatic N) is 1. The van der Waals surface area contributed by atoms with Crippen LogP contribution in [0.25, 0.3) is 11.1 Å². The first-order chi connectivity index (χ1) is 17.0. The zero-order valence-corrected chi connectivity index (χ0v) is 21.7. The van der Waals surface area contributed by atoms with Gasteiger partial charge in [0.15, 0.2) is 8.38 Å². The number of nitrogens with two attached hydrogens (primary N) is 1. The van der Waals surface area contributed by atoms with Gasteiger partial charge in [0.05, 0.1) is 6.10 Å². The lowest BCUT2D eigenvalue weighted by molar-refractivity contribution is -0.135. The number of hydrogen-bond donors (Lipinski definition) is 6. The number of rotatable bonds is 7. The molecule has 36 heavy (non-hydrogen) atoms. The maximum Gasteiger partial charge on any atom is 0.241 e. The summed E-state index contributed by atoms with van der Waals surface area (Å²) in [5, 5.41) is 12.5. The molecular weight excluding hydrogens is 479 g/mol. The Bertz CT molecular complexity index is 1060. The van der Waals surface area contributed by atoms with E-state index in [0.717, 1.165) is 22.3 Å². The topological polar surface area (TPSA) is 148 Å². The average Bonchev–Trinajstić information content (AvgIpc) is 3.29. The van der Waals surface area contributed by atoms with Crippen LogP contribution in [-0.2, 0) is 16.1 Å². The van der Waals surface area contributed by atoms with Crippen LogP contribution in [0.5, 0.6) is 0 Å². The first-order valence-corrected chi connectivity index (χ1v) is 12.7. The molecule has 2 aromatic carbocycles. The van der Waals surface area contributed by atoms with Crippen LogP contribution in [0.1, 0.15) is 38.3 Å². The Balaban J connectivity index is 0.000000269. The highest BCUT2D eigenvalue weighted by Gasteiger charge is 2.36. The van der Waals surface area contributed by atoms with Crippen LogP contribution in [0.15, 0.2) is 42.5 Å². The normalized spacial score (nSPS) is 16.1. The molecule has 194 valence electrons. The van der Waals surface area contributed by atoms with E-state index in [9.17, 15) is 24.5 Å². The van der Waals surface area contributed by atoms with Gasteiger partial charge in [-0.1, -0.05) is 44.9 Å².